The Labute approximate surface area is 105 Å². The smallest absolute Gasteiger partial charge is 0.318 e. The van der Waals surface area contributed by atoms with Gasteiger partial charge >= 0.3 is 5.97 Å². The molecule has 106 valence electrons. The molecular formula is C11H19F2NO4. The number of hydrogen-bond donors (Lipinski definition) is 1. The summed E-state index contributed by atoms with van der Waals surface area (Å²) in [5.74, 6) is -1.24. The molecule has 0 saturated heterocycles. The molecule has 1 N–H and O–H groups in total. The van der Waals surface area contributed by atoms with Gasteiger partial charge in [-0.15, -0.1) is 0 Å². The Morgan fingerprint density at radius 2 is 1.94 bits per heavy atom. The van der Waals surface area contributed by atoms with Crippen molar-refractivity contribution in [3.63, 3.8) is 0 Å². The second kappa shape index (κ2) is 7.38. The second-order valence-corrected chi connectivity index (χ2v) is 4.39. The van der Waals surface area contributed by atoms with Crippen molar-refractivity contribution in [1.82, 2.24) is 4.90 Å². The van der Waals surface area contributed by atoms with E-state index in [2.05, 4.69) is 4.74 Å². The summed E-state index contributed by atoms with van der Waals surface area (Å²) >= 11 is 0. The number of nitrogens with zero attached hydrogens (tertiary/aromatic N) is 1. The van der Waals surface area contributed by atoms with Crippen molar-refractivity contribution in [2.75, 3.05) is 33.4 Å². The van der Waals surface area contributed by atoms with Crippen molar-refractivity contribution in [2.24, 2.45) is 5.41 Å². The third-order valence-electron chi connectivity index (χ3n) is 2.57. The number of esters is 1. The Balaban J connectivity index is 4.62. The fourth-order valence-electron chi connectivity index (χ4n) is 1.34. The number of Topliss-reactive ketones (excluding diaryl/α,β-unsaturated/α-hetero) is 1. The predicted molar refractivity (Wildman–Crippen MR) is 60.3 cm³/mol. The molecule has 0 aromatic heterocycles. The number of carbonyl (C=O) groups excluding carboxylic acids is 2. The third kappa shape index (κ3) is 5.05. The van der Waals surface area contributed by atoms with Crippen LogP contribution in [0.2, 0.25) is 0 Å². The molecule has 0 aliphatic heterocycles. The summed E-state index contributed by atoms with van der Waals surface area (Å²) in [5.41, 5.74) is -1.38. The highest BCUT2D eigenvalue weighted by molar-refractivity contribution is 6.03. The number of ether oxygens (including phenoxy) is 1. The standard InChI is InChI=1S/C11H19F2NO4/c1-11(2,10(17)18-3)8(16)6-14(4-5-15)7-9(12)13/h9,15H,4-7H2,1-3H3. The molecule has 0 atom stereocenters. The maximum absolute atomic E-state index is 12.3. The zero-order chi connectivity index (χ0) is 14.3. The van der Waals surface area contributed by atoms with Crippen molar-refractivity contribution in [3.05, 3.63) is 0 Å². The number of carbonyl (C=O) groups is 2. The van der Waals surface area contributed by atoms with Gasteiger partial charge < -0.3 is 9.84 Å². The number of aliphatic hydroxyl groups excluding tert-OH is 1. The molecule has 0 aromatic carbocycles. The van der Waals surface area contributed by atoms with Gasteiger partial charge in [0.15, 0.2) is 5.78 Å². The molecule has 0 unspecified atom stereocenters. The van der Waals surface area contributed by atoms with E-state index < -0.39 is 30.1 Å². The summed E-state index contributed by atoms with van der Waals surface area (Å²) in [4.78, 5) is 24.3. The lowest BCUT2D eigenvalue weighted by Gasteiger charge is -2.25. The second-order valence-electron chi connectivity index (χ2n) is 4.39. The van der Waals surface area contributed by atoms with Crippen LogP contribution < -0.4 is 0 Å². The number of ketones is 1. The molecule has 0 fully saturated rings. The van der Waals surface area contributed by atoms with E-state index >= 15 is 0 Å². The minimum atomic E-state index is -2.61. The first kappa shape index (κ1) is 16.9. The van der Waals surface area contributed by atoms with Gasteiger partial charge in [-0.25, -0.2) is 8.78 Å². The summed E-state index contributed by atoms with van der Waals surface area (Å²) in [7, 11) is 1.15. The molecule has 0 radical (unpaired) electrons. The molecule has 0 rings (SSSR count). The van der Waals surface area contributed by atoms with Crippen molar-refractivity contribution in [2.45, 2.75) is 20.3 Å². The lowest BCUT2D eigenvalue weighted by atomic mass is 9.88. The summed E-state index contributed by atoms with van der Waals surface area (Å²) in [5, 5.41) is 8.73. The molecule has 5 nitrogen and oxygen atoms in total. The van der Waals surface area contributed by atoms with E-state index in [-0.39, 0.29) is 19.7 Å². The number of halogens is 2. The molecule has 0 saturated carbocycles. The van der Waals surface area contributed by atoms with Crippen LogP contribution in [0, 0.1) is 5.41 Å². The van der Waals surface area contributed by atoms with Gasteiger partial charge in [0.1, 0.15) is 5.41 Å². The van der Waals surface area contributed by atoms with Crippen molar-refractivity contribution in [3.8, 4) is 0 Å². The number of methoxy groups -OCH3 is 1. The molecule has 0 amide bonds. The molecular weight excluding hydrogens is 248 g/mol. The number of rotatable bonds is 8. The Bertz CT molecular complexity index is 295. The number of hydrogen-bond acceptors (Lipinski definition) is 5. The molecule has 0 aliphatic carbocycles. The van der Waals surface area contributed by atoms with E-state index in [1.54, 1.807) is 0 Å². The van der Waals surface area contributed by atoms with E-state index in [9.17, 15) is 18.4 Å². The molecule has 0 heterocycles. The normalized spacial score (nSPS) is 12.0. The molecule has 0 aromatic rings. The Hall–Kier alpha value is -1.08. The first-order valence-electron chi connectivity index (χ1n) is 5.48. The summed E-state index contributed by atoms with van der Waals surface area (Å²) in [6.07, 6.45) is -2.61. The monoisotopic (exact) mass is 267 g/mol. The van der Waals surface area contributed by atoms with Crippen molar-refractivity contribution < 1.29 is 28.2 Å². The van der Waals surface area contributed by atoms with Crippen LogP contribution in [-0.4, -0.2) is 61.5 Å². The van der Waals surface area contributed by atoms with Gasteiger partial charge in [-0.2, -0.15) is 0 Å². The molecule has 18 heavy (non-hydrogen) atoms. The summed E-state index contributed by atoms with van der Waals surface area (Å²) in [6, 6.07) is 0. The zero-order valence-electron chi connectivity index (χ0n) is 10.8. The third-order valence-corrected chi connectivity index (χ3v) is 2.57. The average molecular weight is 267 g/mol. The zero-order valence-corrected chi connectivity index (χ0v) is 10.8. The molecule has 7 heteroatoms. The molecule has 0 spiro atoms. The van der Waals surface area contributed by atoms with E-state index in [1.807, 2.05) is 0 Å². The van der Waals surface area contributed by atoms with Crippen LogP contribution in [0.15, 0.2) is 0 Å². The van der Waals surface area contributed by atoms with Crippen LogP contribution in [0.1, 0.15) is 13.8 Å². The van der Waals surface area contributed by atoms with Gasteiger partial charge in [-0.1, -0.05) is 0 Å². The van der Waals surface area contributed by atoms with Gasteiger partial charge in [0.25, 0.3) is 6.43 Å². The highest BCUT2D eigenvalue weighted by Gasteiger charge is 2.37. The van der Waals surface area contributed by atoms with Crippen LogP contribution in [0.3, 0.4) is 0 Å². The van der Waals surface area contributed by atoms with Gasteiger partial charge in [0.2, 0.25) is 0 Å². The first-order valence-corrected chi connectivity index (χ1v) is 5.48. The SMILES string of the molecule is COC(=O)C(C)(C)C(=O)CN(CCO)CC(F)F. The van der Waals surface area contributed by atoms with Gasteiger partial charge in [0, 0.05) is 6.54 Å². The lowest BCUT2D eigenvalue weighted by Crippen LogP contribution is -2.44. The fourth-order valence-corrected chi connectivity index (χ4v) is 1.34. The summed E-state index contributed by atoms with van der Waals surface area (Å²) in [6.45, 7) is 1.42. The lowest BCUT2D eigenvalue weighted by molar-refractivity contribution is -0.156. The molecule has 0 aliphatic rings. The van der Waals surface area contributed by atoms with E-state index in [0.717, 1.165) is 12.0 Å². The Kier molecular flexibility index (Phi) is 6.93. The quantitative estimate of drug-likeness (QED) is 0.506. The number of aliphatic hydroxyl groups is 1. The van der Waals surface area contributed by atoms with E-state index in [0.29, 0.717) is 0 Å². The van der Waals surface area contributed by atoms with Crippen LogP contribution in [0.25, 0.3) is 0 Å². The van der Waals surface area contributed by atoms with Crippen LogP contribution >= 0.6 is 0 Å². The van der Waals surface area contributed by atoms with Crippen LogP contribution in [-0.2, 0) is 14.3 Å². The highest BCUT2D eigenvalue weighted by atomic mass is 19.3. The van der Waals surface area contributed by atoms with E-state index in [1.165, 1.54) is 13.8 Å². The van der Waals surface area contributed by atoms with Gasteiger partial charge in [-0.05, 0) is 13.8 Å². The minimum Gasteiger partial charge on any atom is -0.468 e. The van der Waals surface area contributed by atoms with Crippen molar-refractivity contribution >= 4 is 11.8 Å². The predicted octanol–water partition coefficient (Wildman–Crippen LogP) is 0.314. The maximum atomic E-state index is 12.3. The minimum absolute atomic E-state index is 0.0483. The summed E-state index contributed by atoms with van der Waals surface area (Å²) < 4.78 is 29.0. The largest absolute Gasteiger partial charge is 0.468 e. The number of alkyl halides is 2. The van der Waals surface area contributed by atoms with Gasteiger partial charge in [0.05, 0.1) is 26.8 Å². The fraction of sp³-hybridized carbons (Fsp3) is 0.818. The first-order chi connectivity index (χ1) is 8.25. The van der Waals surface area contributed by atoms with Crippen molar-refractivity contribution in [1.29, 1.82) is 0 Å². The van der Waals surface area contributed by atoms with Crippen LogP contribution in [0.4, 0.5) is 8.78 Å². The van der Waals surface area contributed by atoms with E-state index in [4.69, 9.17) is 5.11 Å². The van der Waals surface area contributed by atoms with Crippen LogP contribution in [0.5, 0.6) is 0 Å². The van der Waals surface area contributed by atoms with Gasteiger partial charge in [-0.3, -0.25) is 14.5 Å². The maximum Gasteiger partial charge on any atom is 0.318 e. The average Bonchev–Trinajstić information content (AvgIpc) is 2.27. The topological polar surface area (TPSA) is 66.8 Å². The Morgan fingerprint density at radius 3 is 2.33 bits per heavy atom. The highest BCUT2D eigenvalue weighted by Crippen LogP contribution is 2.19. The molecule has 0 bridgehead atoms. The Morgan fingerprint density at radius 1 is 1.39 bits per heavy atom.